The van der Waals surface area contributed by atoms with Gasteiger partial charge in [-0.3, -0.25) is 11.1 Å². The molecule has 0 radical (unpaired) electrons. The number of methoxy groups -OCH3 is 2. The fraction of sp³-hybridized carbons (Fsp3) is 0.975. The van der Waals surface area contributed by atoms with Crippen molar-refractivity contribution in [1.82, 2.24) is 0 Å². The SMILES string of the molecule is CO[C@@H]1C[C@@H](C[C@H]2CC[C@H](C)C([C@@H](C)C(=O)O)O2)O[C@]2(O[C@@](C)(C3CC[C@@](C)([C@@H]4O[C@@H]([C@@H]5O[C@@](O)(CO)[C@H](C)C[C@@H]5C)C[C@@H]4C)O3)C[C@H]2C)[C@@H]1C.CO[C@@H]1C[C@@H](C[C@H]2CC[C@H](C)C([C@@H](C)[C-]=O)O2)O[C@]2(O[C@@](C)(C3CC[C@@](C)([C@@H]4O[C@@H]([C@@H]5O[C@@](O)(CO)[C@H](C)C[C@@H]5C)C[C@@H]4C)O3)C[C@H]2C)[C@@H]1C.[Na+].[OH-]. The molecule has 2 spiro atoms. The summed E-state index contributed by atoms with van der Waals surface area (Å²) in [5.41, 5.74) is -2.15. The normalized spacial score (nSPS) is 53.6. The Morgan fingerprint density at radius 2 is 0.874 bits per heavy atom. The van der Waals surface area contributed by atoms with Crippen molar-refractivity contribution in [2.24, 2.45) is 82.9 Å². The van der Waals surface area contributed by atoms with Gasteiger partial charge in [0.1, 0.15) is 0 Å². The van der Waals surface area contributed by atoms with E-state index in [1.165, 1.54) is 0 Å². The predicted molar refractivity (Wildman–Crippen MR) is 377 cm³/mol. The van der Waals surface area contributed by atoms with E-state index in [1.807, 2.05) is 20.8 Å². The summed E-state index contributed by atoms with van der Waals surface area (Å²) in [5.74, 6) is -5.11. The molecule has 12 saturated heterocycles. The molecule has 0 aromatic rings. The molecule has 0 saturated carbocycles. The second-order valence-corrected chi connectivity index (χ2v) is 36.5. The summed E-state index contributed by atoms with van der Waals surface area (Å²) in [4.78, 5) is 23.3. The monoisotopic (exact) mass is 1470 g/mol. The molecule has 6 N–H and O–H groups in total. The van der Waals surface area contributed by atoms with E-state index in [0.717, 1.165) is 109 Å². The third kappa shape index (κ3) is 16.6. The minimum Gasteiger partial charge on any atom is -0.870 e. The van der Waals surface area contributed by atoms with Crippen molar-refractivity contribution in [1.29, 1.82) is 0 Å². The van der Waals surface area contributed by atoms with Crippen LogP contribution in [-0.4, -0.2) is 214 Å². The zero-order valence-electron chi connectivity index (χ0n) is 66.7. The Hall–Kier alpha value is -0.620. The van der Waals surface area contributed by atoms with Crippen LogP contribution in [-0.2, 0) is 75.9 Å². The number of carboxylic acids is 1. The van der Waals surface area contributed by atoms with Gasteiger partial charge in [0.2, 0.25) is 0 Å². The van der Waals surface area contributed by atoms with Crippen LogP contribution in [0.5, 0.6) is 0 Å². The van der Waals surface area contributed by atoms with Crippen molar-refractivity contribution >= 4 is 12.3 Å². The maximum Gasteiger partial charge on any atom is 1.00 e. The number of hydrogen-bond acceptors (Lipinski definition) is 21. The van der Waals surface area contributed by atoms with E-state index < -0.39 is 70.7 Å². The minimum atomic E-state index is -1.55. The number of aliphatic hydroxyl groups excluding tert-OH is 2. The van der Waals surface area contributed by atoms with Crippen molar-refractivity contribution in [2.75, 3.05) is 27.4 Å². The van der Waals surface area contributed by atoms with Crippen LogP contribution in [0.15, 0.2) is 0 Å². The van der Waals surface area contributed by atoms with E-state index >= 15 is 0 Å². The smallest absolute Gasteiger partial charge is 0.870 e. The Kier molecular flexibility index (Phi) is 27.8. The molecule has 23 heteroatoms. The molecular formula is C80H136NaO22-. The topological polar surface area (TPSA) is 295 Å². The van der Waals surface area contributed by atoms with Crippen molar-refractivity contribution < 1.29 is 136 Å². The zero-order chi connectivity index (χ0) is 73.6. The van der Waals surface area contributed by atoms with Gasteiger partial charge >= 0.3 is 35.5 Å². The molecule has 12 fully saturated rings. The maximum absolute atomic E-state index is 11.8. The van der Waals surface area contributed by atoms with Gasteiger partial charge in [0.05, 0.1) is 133 Å². The predicted octanol–water partition coefficient (Wildman–Crippen LogP) is 8.26. The fourth-order valence-corrected chi connectivity index (χ4v) is 22.5. The Morgan fingerprint density at radius 3 is 1.24 bits per heavy atom. The summed E-state index contributed by atoms with van der Waals surface area (Å²) in [6.45, 7) is 37.2. The summed E-state index contributed by atoms with van der Waals surface area (Å²) >= 11 is 0. The van der Waals surface area contributed by atoms with Gasteiger partial charge in [0.25, 0.3) is 0 Å². The van der Waals surface area contributed by atoms with Gasteiger partial charge in [-0.2, -0.15) is 0 Å². The van der Waals surface area contributed by atoms with Gasteiger partial charge in [-0.25, -0.2) is 0 Å². The van der Waals surface area contributed by atoms with Crippen LogP contribution in [0.3, 0.4) is 0 Å². The molecule has 103 heavy (non-hydrogen) atoms. The number of ether oxygens (including phenoxy) is 14. The van der Waals surface area contributed by atoms with Gasteiger partial charge in [-0.15, -0.1) is 5.92 Å². The van der Waals surface area contributed by atoms with Gasteiger partial charge in [-0.05, 0) is 160 Å². The summed E-state index contributed by atoms with van der Waals surface area (Å²) in [6, 6.07) is 0. The quantitative estimate of drug-likeness (QED) is 0.0637. The molecule has 12 aliphatic rings. The van der Waals surface area contributed by atoms with Crippen LogP contribution in [0.25, 0.3) is 0 Å². The second kappa shape index (κ2) is 33.2. The van der Waals surface area contributed by atoms with E-state index in [2.05, 4.69) is 103 Å². The number of hydrogen-bond donors (Lipinski definition) is 5. The molecule has 38 atom stereocenters. The number of aliphatic carboxylic acids is 1. The van der Waals surface area contributed by atoms with E-state index in [4.69, 9.17) is 66.3 Å². The van der Waals surface area contributed by atoms with Crippen LogP contribution >= 0.6 is 0 Å². The van der Waals surface area contributed by atoms with Gasteiger partial charge in [0, 0.05) is 81.5 Å². The second-order valence-electron chi connectivity index (χ2n) is 36.5. The summed E-state index contributed by atoms with van der Waals surface area (Å²) in [6.07, 6.45) is 14.7. The van der Waals surface area contributed by atoms with E-state index in [0.29, 0.717) is 12.3 Å². The van der Waals surface area contributed by atoms with Gasteiger partial charge < -0.3 is 102 Å². The first-order chi connectivity index (χ1) is 47.4. The first-order valence-corrected chi connectivity index (χ1v) is 39.8. The molecule has 590 valence electrons. The number of carbonyl (C=O) groups is 1. The molecule has 12 rings (SSSR count). The average Bonchev–Trinajstić information content (AvgIpc) is 1.57. The Labute approximate surface area is 638 Å². The van der Waals surface area contributed by atoms with Crippen LogP contribution in [0.4, 0.5) is 0 Å². The molecule has 0 amide bonds. The number of rotatable bonds is 18. The third-order valence-corrected chi connectivity index (χ3v) is 28.6. The van der Waals surface area contributed by atoms with Crippen LogP contribution in [0.2, 0.25) is 0 Å². The molecule has 0 aromatic carbocycles. The average molecular weight is 1470 g/mol. The minimum absolute atomic E-state index is 0. The largest absolute Gasteiger partial charge is 1.00 e. The van der Waals surface area contributed by atoms with E-state index in [1.54, 1.807) is 21.1 Å². The van der Waals surface area contributed by atoms with Crippen molar-refractivity contribution in [3.05, 3.63) is 0 Å². The maximum atomic E-state index is 11.8. The third-order valence-electron chi connectivity index (χ3n) is 28.6. The van der Waals surface area contributed by atoms with Crippen LogP contribution < -0.4 is 29.6 Å². The Morgan fingerprint density at radius 1 is 0.485 bits per heavy atom. The van der Waals surface area contributed by atoms with Crippen molar-refractivity contribution in [3.63, 3.8) is 0 Å². The number of carboxylic acid groups (broad SMARTS) is 1. The first kappa shape index (κ1) is 86.4. The summed E-state index contributed by atoms with van der Waals surface area (Å²) in [7, 11) is 3.56. The molecule has 0 aromatic heterocycles. The molecule has 0 aliphatic carbocycles. The fourth-order valence-electron chi connectivity index (χ4n) is 22.5. The molecule has 22 nitrogen and oxygen atoms in total. The summed E-state index contributed by atoms with van der Waals surface area (Å²) in [5, 5.41) is 51.6. The summed E-state index contributed by atoms with van der Waals surface area (Å²) < 4.78 is 94.1. The van der Waals surface area contributed by atoms with Gasteiger partial charge in [-0.1, -0.05) is 90.0 Å². The number of carbonyl (C=O) groups excluding carboxylic acids is 1. The van der Waals surface area contributed by atoms with Crippen molar-refractivity contribution in [2.45, 2.75) is 383 Å². The molecule has 12 heterocycles. The molecule has 4 unspecified atom stereocenters. The molecule has 12 aliphatic heterocycles. The molecular weight excluding hydrogens is 1340 g/mol. The first-order valence-electron chi connectivity index (χ1n) is 39.8. The van der Waals surface area contributed by atoms with Crippen LogP contribution in [0.1, 0.15) is 240 Å². The van der Waals surface area contributed by atoms with E-state index in [-0.39, 0.29) is 204 Å². The van der Waals surface area contributed by atoms with E-state index in [9.17, 15) is 35.1 Å². The van der Waals surface area contributed by atoms with Crippen molar-refractivity contribution in [3.8, 4) is 0 Å². The zero-order valence-corrected chi connectivity index (χ0v) is 68.7. The van der Waals surface area contributed by atoms with Crippen LogP contribution in [0, 0.1) is 82.9 Å². The Balaban J connectivity index is 0.000000235. The number of aliphatic hydroxyl groups is 4. The Bertz CT molecular complexity index is 2790. The standard InChI is InChI=1S/C40H68O11.C40H67O10.Na.H2O/c1-21-11-12-28(46-33(21)26(6)36(42)43)17-29-18-30(45-10)27(7)40(48-29)25(5)19-38(9,51-40)32-13-14-37(8,49-32)35-23(3)16-31(47-35)34-22(2)15-24(4)39(44,20-41)50-34;1-22-11-12-29(45-34(22)25(4)20-41)17-30-18-31(44-10)28(7)40(47-30)27(6)19-38(9,50-40)33-13-14-37(8,48-33)36-24(3)16-32(46-36)35-23(2)15-26(5)39(43,21-42)49-35;;/h21-35,41,44H,11-20H2,1-10H3,(H,42,43);22-36,42-43H,11-19,21H2,1-10H3;;1H2/q;-1;+1;/p-1/t21-,22-,23-,24+,25+,26+,27+,28+,29+,30+,31+,32?,33?,34+,35+,37-,38+,39-,40+;22-,23-,24-,25-,26+,27+,28+,29+,30+,31+,32+,33?,34?,35+,36+,37-,38+,39-,40+;;/m00../s1. The van der Waals surface area contributed by atoms with Gasteiger partial charge in [0.15, 0.2) is 23.1 Å². The molecule has 0 bridgehead atoms.